The summed E-state index contributed by atoms with van der Waals surface area (Å²) in [6.07, 6.45) is 5.39. The highest BCUT2D eigenvalue weighted by atomic mass is 16.5. The molecule has 2 fully saturated rings. The molecule has 1 saturated heterocycles. The summed E-state index contributed by atoms with van der Waals surface area (Å²) in [7, 11) is 0. The van der Waals surface area contributed by atoms with Crippen LogP contribution in [0.5, 0.6) is 0 Å². The SMILES string of the molecule is CC1CCCC(NC2CCOC2)C1C. The van der Waals surface area contributed by atoms with Gasteiger partial charge in [0.25, 0.3) is 0 Å². The maximum atomic E-state index is 5.40. The number of rotatable bonds is 2. The van der Waals surface area contributed by atoms with E-state index in [1.165, 1.54) is 25.7 Å². The van der Waals surface area contributed by atoms with E-state index in [1.54, 1.807) is 0 Å². The van der Waals surface area contributed by atoms with Gasteiger partial charge in [-0.1, -0.05) is 26.7 Å². The number of ether oxygens (including phenoxy) is 1. The molecule has 0 bridgehead atoms. The molecular weight excluding hydrogens is 174 g/mol. The summed E-state index contributed by atoms with van der Waals surface area (Å²) in [4.78, 5) is 0. The smallest absolute Gasteiger partial charge is 0.0620 e. The van der Waals surface area contributed by atoms with Crippen LogP contribution in [0.25, 0.3) is 0 Å². The molecule has 1 aliphatic carbocycles. The van der Waals surface area contributed by atoms with E-state index in [9.17, 15) is 0 Å². The van der Waals surface area contributed by atoms with Gasteiger partial charge in [0.1, 0.15) is 0 Å². The van der Waals surface area contributed by atoms with Gasteiger partial charge in [-0.3, -0.25) is 0 Å². The van der Waals surface area contributed by atoms with Crippen molar-refractivity contribution in [1.29, 1.82) is 0 Å². The van der Waals surface area contributed by atoms with Gasteiger partial charge in [-0.15, -0.1) is 0 Å². The van der Waals surface area contributed by atoms with Crippen molar-refractivity contribution in [2.75, 3.05) is 13.2 Å². The van der Waals surface area contributed by atoms with Crippen molar-refractivity contribution in [2.24, 2.45) is 11.8 Å². The van der Waals surface area contributed by atoms with Crippen LogP contribution >= 0.6 is 0 Å². The fourth-order valence-corrected chi connectivity index (χ4v) is 2.79. The molecular formula is C12H23NO. The molecule has 0 aromatic carbocycles. The maximum Gasteiger partial charge on any atom is 0.0620 e. The van der Waals surface area contributed by atoms with Crippen molar-refractivity contribution in [2.45, 2.75) is 51.6 Å². The number of nitrogens with one attached hydrogen (secondary N) is 1. The molecule has 2 aliphatic rings. The first-order chi connectivity index (χ1) is 6.77. The summed E-state index contributed by atoms with van der Waals surface area (Å²) in [5.41, 5.74) is 0. The molecule has 2 rings (SSSR count). The zero-order chi connectivity index (χ0) is 9.97. The molecule has 4 unspecified atom stereocenters. The Morgan fingerprint density at radius 2 is 2.00 bits per heavy atom. The van der Waals surface area contributed by atoms with Crippen molar-refractivity contribution in [3.8, 4) is 0 Å². The Kier molecular flexibility index (Phi) is 3.45. The van der Waals surface area contributed by atoms with Gasteiger partial charge in [0, 0.05) is 18.7 Å². The van der Waals surface area contributed by atoms with E-state index in [-0.39, 0.29) is 0 Å². The average Bonchev–Trinajstić information content (AvgIpc) is 2.66. The summed E-state index contributed by atoms with van der Waals surface area (Å²) in [5, 5.41) is 3.77. The van der Waals surface area contributed by atoms with Crippen LogP contribution in [0.1, 0.15) is 39.5 Å². The van der Waals surface area contributed by atoms with Gasteiger partial charge in [0.15, 0.2) is 0 Å². The highest BCUT2D eigenvalue weighted by Crippen LogP contribution is 2.30. The van der Waals surface area contributed by atoms with Crippen LogP contribution in [-0.2, 0) is 4.74 Å². The van der Waals surface area contributed by atoms with Crippen LogP contribution in [-0.4, -0.2) is 25.3 Å². The second-order valence-corrected chi connectivity index (χ2v) is 5.10. The van der Waals surface area contributed by atoms with E-state index >= 15 is 0 Å². The lowest BCUT2D eigenvalue weighted by molar-refractivity contribution is 0.166. The minimum Gasteiger partial charge on any atom is -0.380 e. The second kappa shape index (κ2) is 4.63. The van der Waals surface area contributed by atoms with Gasteiger partial charge in [0.05, 0.1) is 6.61 Å². The third kappa shape index (κ3) is 2.29. The standard InChI is InChI=1S/C12H23NO/c1-9-4-3-5-12(10(9)2)13-11-6-7-14-8-11/h9-13H,3-8H2,1-2H3. The average molecular weight is 197 g/mol. The van der Waals surface area contributed by atoms with E-state index in [0.717, 1.165) is 31.1 Å². The van der Waals surface area contributed by atoms with Crippen LogP contribution in [0.3, 0.4) is 0 Å². The highest BCUT2D eigenvalue weighted by molar-refractivity contribution is 4.85. The lowest BCUT2D eigenvalue weighted by Crippen LogP contribution is -2.46. The Hall–Kier alpha value is -0.0800. The first-order valence-corrected chi connectivity index (χ1v) is 6.11. The predicted octanol–water partition coefficient (Wildman–Crippen LogP) is 2.19. The van der Waals surface area contributed by atoms with Gasteiger partial charge in [0.2, 0.25) is 0 Å². The van der Waals surface area contributed by atoms with Crippen molar-refractivity contribution in [3.63, 3.8) is 0 Å². The summed E-state index contributed by atoms with van der Waals surface area (Å²) in [6, 6.07) is 1.37. The van der Waals surface area contributed by atoms with Gasteiger partial charge in [-0.05, 0) is 24.7 Å². The van der Waals surface area contributed by atoms with Gasteiger partial charge >= 0.3 is 0 Å². The fourth-order valence-electron chi connectivity index (χ4n) is 2.79. The van der Waals surface area contributed by atoms with Crippen molar-refractivity contribution in [3.05, 3.63) is 0 Å². The topological polar surface area (TPSA) is 21.3 Å². The Labute approximate surface area is 87.4 Å². The summed E-state index contributed by atoms with van der Waals surface area (Å²) in [5.74, 6) is 1.73. The molecule has 2 nitrogen and oxygen atoms in total. The van der Waals surface area contributed by atoms with Crippen molar-refractivity contribution < 1.29 is 4.74 Å². The quantitative estimate of drug-likeness (QED) is 0.732. The molecule has 0 spiro atoms. The molecule has 1 N–H and O–H groups in total. The van der Waals surface area contributed by atoms with E-state index in [1.807, 2.05) is 0 Å². The lowest BCUT2D eigenvalue weighted by atomic mass is 9.78. The maximum absolute atomic E-state index is 5.40. The predicted molar refractivity (Wildman–Crippen MR) is 58.3 cm³/mol. The molecule has 1 saturated carbocycles. The van der Waals surface area contributed by atoms with Crippen LogP contribution in [0.2, 0.25) is 0 Å². The van der Waals surface area contributed by atoms with Crippen LogP contribution < -0.4 is 5.32 Å². The van der Waals surface area contributed by atoms with Crippen LogP contribution in [0.4, 0.5) is 0 Å². The fraction of sp³-hybridized carbons (Fsp3) is 1.00. The van der Waals surface area contributed by atoms with Gasteiger partial charge in [-0.25, -0.2) is 0 Å². The highest BCUT2D eigenvalue weighted by Gasteiger charge is 2.29. The molecule has 82 valence electrons. The summed E-state index contributed by atoms with van der Waals surface area (Å²) in [6.45, 7) is 6.67. The Balaban J connectivity index is 1.83. The van der Waals surface area contributed by atoms with Gasteiger partial charge < -0.3 is 10.1 Å². The largest absolute Gasteiger partial charge is 0.380 e. The summed E-state index contributed by atoms with van der Waals surface area (Å²) >= 11 is 0. The minimum atomic E-state index is 0.632. The normalized spacial score (nSPS) is 44.1. The third-order valence-corrected chi connectivity index (χ3v) is 4.09. The Morgan fingerprint density at radius 3 is 2.71 bits per heavy atom. The molecule has 0 amide bonds. The van der Waals surface area contributed by atoms with Crippen LogP contribution in [0.15, 0.2) is 0 Å². The number of hydrogen-bond donors (Lipinski definition) is 1. The zero-order valence-electron chi connectivity index (χ0n) is 9.46. The van der Waals surface area contributed by atoms with Crippen molar-refractivity contribution >= 4 is 0 Å². The Bertz CT molecular complexity index is 177. The molecule has 0 radical (unpaired) electrons. The first-order valence-electron chi connectivity index (χ1n) is 6.11. The molecule has 0 aromatic rings. The van der Waals surface area contributed by atoms with Crippen molar-refractivity contribution in [1.82, 2.24) is 5.32 Å². The lowest BCUT2D eigenvalue weighted by Gasteiger charge is -2.36. The Morgan fingerprint density at radius 1 is 1.14 bits per heavy atom. The molecule has 2 heteroatoms. The van der Waals surface area contributed by atoms with E-state index in [0.29, 0.717) is 6.04 Å². The monoisotopic (exact) mass is 197 g/mol. The number of hydrogen-bond acceptors (Lipinski definition) is 2. The van der Waals surface area contributed by atoms with Gasteiger partial charge in [-0.2, -0.15) is 0 Å². The van der Waals surface area contributed by atoms with E-state index in [4.69, 9.17) is 4.74 Å². The summed E-state index contributed by atoms with van der Waals surface area (Å²) < 4.78 is 5.40. The van der Waals surface area contributed by atoms with E-state index < -0.39 is 0 Å². The molecule has 0 aromatic heterocycles. The molecule has 1 aliphatic heterocycles. The molecule has 14 heavy (non-hydrogen) atoms. The van der Waals surface area contributed by atoms with Crippen LogP contribution in [0, 0.1) is 11.8 Å². The second-order valence-electron chi connectivity index (χ2n) is 5.10. The third-order valence-electron chi connectivity index (χ3n) is 4.09. The zero-order valence-corrected chi connectivity index (χ0v) is 9.46. The first kappa shape index (κ1) is 10.4. The molecule has 4 atom stereocenters. The minimum absolute atomic E-state index is 0.632. The molecule has 1 heterocycles. The van der Waals surface area contributed by atoms with E-state index in [2.05, 4.69) is 19.2 Å².